The van der Waals surface area contributed by atoms with Gasteiger partial charge in [-0.3, -0.25) is 4.55 Å². The molecule has 0 heterocycles. The van der Waals surface area contributed by atoms with Crippen LogP contribution in [-0.4, -0.2) is 24.5 Å². The van der Waals surface area contributed by atoms with Crippen molar-refractivity contribution in [3.05, 3.63) is 0 Å². The average Bonchev–Trinajstić information content (AvgIpc) is 2.01. The van der Waals surface area contributed by atoms with Crippen LogP contribution in [0.15, 0.2) is 0 Å². The highest BCUT2D eigenvalue weighted by atomic mass is 32.2. The molecule has 0 bridgehead atoms. The number of thiol groups is 1. The van der Waals surface area contributed by atoms with Crippen LogP contribution in [0.5, 0.6) is 0 Å². The predicted molar refractivity (Wildman–Crippen MR) is 58.0 cm³/mol. The molecule has 13 heavy (non-hydrogen) atoms. The highest BCUT2D eigenvalue weighted by Crippen LogP contribution is 2.06. The molecule has 1 N–H and O–H groups in total. The van der Waals surface area contributed by atoms with Gasteiger partial charge in [0.25, 0.3) is 10.1 Å². The second-order valence-corrected chi connectivity index (χ2v) is 5.15. The van der Waals surface area contributed by atoms with Crippen LogP contribution in [0.1, 0.15) is 38.5 Å². The third-order valence-electron chi connectivity index (χ3n) is 1.81. The lowest BCUT2D eigenvalue weighted by atomic mass is 10.1. The van der Waals surface area contributed by atoms with Gasteiger partial charge in [0.05, 0.1) is 5.75 Å². The van der Waals surface area contributed by atoms with E-state index < -0.39 is 10.1 Å². The molecule has 3 nitrogen and oxygen atoms in total. The monoisotopic (exact) mass is 226 g/mol. The molecule has 0 unspecified atom stereocenters. The second-order valence-electron chi connectivity index (χ2n) is 3.13. The Bertz CT molecular complexity index is 199. The molecule has 0 aromatic carbocycles. The first-order valence-corrected chi connectivity index (χ1v) is 6.86. The Morgan fingerprint density at radius 1 is 0.923 bits per heavy atom. The van der Waals surface area contributed by atoms with E-state index >= 15 is 0 Å². The molecule has 0 amide bonds. The fourth-order valence-electron chi connectivity index (χ4n) is 1.10. The number of hydrogen-bond donors (Lipinski definition) is 2. The van der Waals surface area contributed by atoms with Gasteiger partial charge in [0, 0.05) is 0 Å². The maximum atomic E-state index is 10.3. The molecule has 0 radical (unpaired) electrons. The summed E-state index contributed by atoms with van der Waals surface area (Å²) >= 11 is 4.09. The van der Waals surface area contributed by atoms with Gasteiger partial charge in [0.1, 0.15) is 0 Å². The van der Waals surface area contributed by atoms with Crippen molar-refractivity contribution >= 4 is 22.7 Å². The van der Waals surface area contributed by atoms with Gasteiger partial charge in [-0.25, -0.2) is 0 Å². The Morgan fingerprint density at radius 2 is 1.38 bits per heavy atom. The molecule has 80 valence electrons. The second kappa shape index (κ2) is 7.64. The molecule has 0 spiro atoms. The largest absolute Gasteiger partial charge is 0.286 e. The smallest absolute Gasteiger partial charge is 0.264 e. The quantitative estimate of drug-likeness (QED) is 0.379. The normalized spacial score (nSPS) is 11.8. The molecule has 5 heteroatoms. The molecule has 0 saturated heterocycles. The van der Waals surface area contributed by atoms with E-state index in [-0.39, 0.29) is 5.75 Å². The summed E-state index contributed by atoms with van der Waals surface area (Å²) < 4.78 is 29.0. The van der Waals surface area contributed by atoms with Crippen molar-refractivity contribution in [1.29, 1.82) is 0 Å². The Kier molecular flexibility index (Phi) is 7.80. The van der Waals surface area contributed by atoms with Crippen LogP contribution in [0.25, 0.3) is 0 Å². The third-order valence-corrected chi connectivity index (χ3v) is 2.93. The molecule has 0 rings (SSSR count). The van der Waals surface area contributed by atoms with Crippen LogP contribution in [0.3, 0.4) is 0 Å². The first-order chi connectivity index (χ1) is 6.06. The Hall–Kier alpha value is 0.260. The van der Waals surface area contributed by atoms with Gasteiger partial charge < -0.3 is 0 Å². The SMILES string of the molecule is O=S(=O)(O)CCCCCCCCS. The highest BCUT2D eigenvalue weighted by Gasteiger charge is 2.02. The number of rotatable bonds is 8. The molecule has 0 aliphatic heterocycles. The summed E-state index contributed by atoms with van der Waals surface area (Å²) in [5.41, 5.74) is 0. The Labute approximate surface area is 86.1 Å². The van der Waals surface area contributed by atoms with Crippen molar-refractivity contribution in [3.63, 3.8) is 0 Å². The third kappa shape index (κ3) is 12.3. The van der Waals surface area contributed by atoms with E-state index in [4.69, 9.17) is 4.55 Å². The summed E-state index contributed by atoms with van der Waals surface area (Å²) in [5.74, 6) is 0.824. The van der Waals surface area contributed by atoms with Gasteiger partial charge in [-0.2, -0.15) is 21.0 Å². The van der Waals surface area contributed by atoms with E-state index in [1.54, 1.807) is 0 Å². The summed E-state index contributed by atoms with van der Waals surface area (Å²) in [6, 6.07) is 0. The minimum absolute atomic E-state index is 0.0977. The van der Waals surface area contributed by atoms with Crippen LogP contribution in [0.2, 0.25) is 0 Å². The van der Waals surface area contributed by atoms with E-state index in [2.05, 4.69) is 12.6 Å². The zero-order chi connectivity index (χ0) is 10.2. The van der Waals surface area contributed by atoms with Crippen molar-refractivity contribution in [2.24, 2.45) is 0 Å². The van der Waals surface area contributed by atoms with Gasteiger partial charge in [-0.05, 0) is 18.6 Å². The first-order valence-electron chi connectivity index (χ1n) is 4.62. The van der Waals surface area contributed by atoms with Crippen LogP contribution in [0.4, 0.5) is 0 Å². The van der Waals surface area contributed by atoms with Crippen LogP contribution in [-0.2, 0) is 10.1 Å². The average molecular weight is 226 g/mol. The van der Waals surface area contributed by atoms with E-state index in [1.807, 2.05) is 0 Å². The molecule has 0 fully saturated rings. The van der Waals surface area contributed by atoms with Gasteiger partial charge in [0.2, 0.25) is 0 Å². The molecule has 0 aromatic heterocycles. The van der Waals surface area contributed by atoms with E-state index in [0.717, 1.165) is 37.9 Å². The zero-order valence-corrected chi connectivity index (χ0v) is 9.49. The molecule has 0 aromatic rings. The maximum absolute atomic E-state index is 10.3. The minimum Gasteiger partial charge on any atom is -0.286 e. The minimum atomic E-state index is -3.73. The maximum Gasteiger partial charge on any atom is 0.264 e. The summed E-state index contributed by atoms with van der Waals surface area (Å²) in [5, 5.41) is 0. The lowest BCUT2D eigenvalue weighted by Crippen LogP contribution is -2.03. The highest BCUT2D eigenvalue weighted by molar-refractivity contribution is 7.85. The van der Waals surface area contributed by atoms with E-state index in [9.17, 15) is 8.42 Å². The van der Waals surface area contributed by atoms with Crippen molar-refractivity contribution in [3.8, 4) is 0 Å². The molecular formula is C8H18O3S2. The van der Waals surface area contributed by atoms with Gasteiger partial charge in [0.15, 0.2) is 0 Å². The van der Waals surface area contributed by atoms with Gasteiger partial charge in [-0.15, -0.1) is 0 Å². The topological polar surface area (TPSA) is 54.4 Å². The summed E-state index contributed by atoms with van der Waals surface area (Å²) in [6.07, 6.45) is 5.91. The fraction of sp³-hybridized carbons (Fsp3) is 1.00. The number of unbranched alkanes of at least 4 members (excludes halogenated alkanes) is 5. The van der Waals surface area contributed by atoms with Crippen LogP contribution < -0.4 is 0 Å². The van der Waals surface area contributed by atoms with Gasteiger partial charge >= 0.3 is 0 Å². The standard InChI is InChI=1S/C8H18O3S2/c9-13(10,11)8-6-4-2-1-3-5-7-12/h12H,1-8H2,(H,9,10,11). The first kappa shape index (κ1) is 13.3. The molecule has 0 saturated carbocycles. The number of hydrogen-bond acceptors (Lipinski definition) is 3. The lowest BCUT2D eigenvalue weighted by molar-refractivity contribution is 0.478. The van der Waals surface area contributed by atoms with Crippen molar-refractivity contribution in [1.82, 2.24) is 0 Å². The molecule has 0 aliphatic rings. The predicted octanol–water partition coefficient (Wildman–Crippen LogP) is 2.14. The summed E-state index contributed by atoms with van der Waals surface area (Å²) in [6.45, 7) is 0. The van der Waals surface area contributed by atoms with Gasteiger partial charge in [-0.1, -0.05) is 25.7 Å². The molecular weight excluding hydrogens is 208 g/mol. The molecule has 0 aliphatic carbocycles. The fourth-order valence-corrected chi connectivity index (χ4v) is 1.90. The van der Waals surface area contributed by atoms with Crippen molar-refractivity contribution < 1.29 is 13.0 Å². The summed E-state index contributed by atoms with van der Waals surface area (Å²) in [7, 11) is -3.73. The van der Waals surface area contributed by atoms with Crippen molar-refractivity contribution in [2.75, 3.05) is 11.5 Å². The Morgan fingerprint density at radius 3 is 1.85 bits per heavy atom. The van der Waals surface area contributed by atoms with E-state index in [0.29, 0.717) is 6.42 Å². The lowest BCUT2D eigenvalue weighted by Gasteiger charge is -1.99. The van der Waals surface area contributed by atoms with E-state index in [1.165, 1.54) is 0 Å². The van der Waals surface area contributed by atoms with Crippen LogP contribution >= 0.6 is 12.6 Å². The summed E-state index contributed by atoms with van der Waals surface area (Å²) in [4.78, 5) is 0. The van der Waals surface area contributed by atoms with Crippen molar-refractivity contribution in [2.45, 2.75) is 38.5 Å². The van der Waals surface area contributed by atoms with Crippen LogP contribution in [0, 0.1) is 0 Å². The molecule has 0 atom stereocenters. The zero-order valence-electron chi connectivity index (χ0n) is 7.78. The Balaban J connectivity index is 3.09.